The van der Waals surface area contributed by atoms with E-state index in [2.05, 4.69) is 12.2 Å². The molecule has 0 bridgehead atoms. The Bertz CT molecular complexity index is 904. The molecule has 3 rings (SSSR count). The Kier molecular flexibility index (Phi) is 7.66. The maximum Gasteiger partial charge on any atom is 0.341 e. The Morgan fingerprint density at radius 2 is 1.77 bits per heavy atom. The van der Waals surface area contributed by atoms with E-state index in [1.54, 1.807) is 30.3 Å². The maximum atomic E-state index is 13.5. The van der Waals surface area contributed by atoms with E-state index in [1.807, 2.05) is 0 Å². The fourth-order valence-corrected chi connectivity index (χ4v) is 4.15. The lowest BCUT2D eigenvalue weighted by Gasteiger charge is -2.36. The molecule has 1 saturated carbocycles. The van der Waals surface area contributed by atoms with Gasteiger partial charge >= 0.3 is 5.97 Å². The molecule has 1 fully saturated rings. The van der Waals surface area contributed by atoms with Crippen LogP contribution in [0.1, 0.15) is 67.8 Å². The second-order valence-electron chi connectivity index (χ2n) is 8.01. The molecule has 1 amide bonds. The standard InChI is InChI=1S/C25H30FNO4/c1-3-4-16-31-22-13-12-20(17-21(22)23(28)30-2)27-24(29)25(14-6-5-7-15-25)18-8-10-19(26)11-9-18/h8-13,17H,3-7,14-16H2,1-2H3,(H,27,29). The summed E-state index contributed by atoms with van der Waals surface area (Å²) in [5.74, 6) is -0.552. The summed E-state index contributed by atoms with van der Waals surface area (Å²) in [4.78, 5) is 25.7. The second kappa shape index (κ2) is 10.4. The van der Waals surface area contributed by atoms with E-state index in [-0.39, 0.29) is 17.3 Å². The number of amides is 1. The smallest absolute Gasteiger partial charge is 0.341 e. The highest BCUT2D eigenvalue weighted by atomic mass is 19.1. The first kappa shape index (κ1) is 22.8. The number of rotatable bonds is 8. The van der Waals surface area contributed by atoms with Crippen molar-refractivity contribution in [3.63, 3.8) is 0 Å². The number of esters is 1. The van der Waals surface area contributed by atoms with Crippen molar-refractivity contribution in [2.24, 2.45) is 0 Å². The van der Waals surface area contributed by atoms with Gasteiger partial charge in [-0.25, -0.2) is 9.18 Å². The number of benzene rings is 2. The molecule has 5 nitrogen and oxygen atoms in total. The first-order chi connectivity index (χ1) is 15.0. The summed E-state index contributed by atoms with van der Waals surface area (Å²) in [6, 6.07) is 11.2. The van der Waals surface area contributed by atoms with Crippen LogP contribution in [0.3, 0.4) is 0 Å². The van der Waals surface area contributed by atoms with E-state index in [9.17, 15) is 14.0 Å². The zero-order valence-corrected chi connectivity index (χ0v) is 18.2. The van der Waals surface area contributed by atoms with Gasteiger partial charge in [-0.05, 0) is 55.2 Å². The molecule has 0 radical (unpaired) electrons. The number of anilines is 1. The summed E-state index contributed by atoms with van der Waals surface area (Å²) < 4.78 is 24.1. The quantitative estimate of drug-likeness (QED) is 0.438. The van der Waals surface area contributed by atoms with Gasteiger partial charge in [0.2, 0.25) is 5.91 Å². The number of hydrogen-bond acceptors (Lipinski definition) is 4. The van der Waals surface area contributed by atoms with Crippen molar-refractivity contribution in [3.05, 3.63) is 59.4 Å². The van der Waals surface area contributed by atoms with Gasteiger partial charge in [-0.15, -0.1) is 0 Å². The third-order valence-corrected chi connectivity index (χ3v) is 5.94. The third-order valence-electron chi connectivity index (χ3n) is 5.94. The molecule has 166 valence electrons. The molecule has 0 aromatic heterocycles. The van der Waals surface area contributed by atoms with Crippen molar-refractivity contribution in [1.29, 1.82) is 0 Å². The number of halogens is 1. The molecule has 0 heterocycles. The van der Waals surface area contributed by atoms with Gasteiger partial charge in [-0.3, -0.25) is 4.79 Å². The number of hydrogen-bond donors (Lipinski definition) is 1. The van der Waals surface area contributed by atoms with Gasteiger partial charge in [-0.2, -0.15) is 0 Å². The van der Waals surface area contributed by atoms with Crippen LogP contribution in [-0.4, -0.2) is 25.6 Å². The molecule has 0 spiro atoms. The number of carbonyl (C=O) groups is 2. The van der Waals surface area contributed by atoms with Gasteiger partial charge in [0.25, 0.3) is 0 Å². The summed E-state index contributed by atoms with van der Waals surface area (Å²) in [5, 5.41) is 2.98. The van der Waals surface area contributed by atoms with Gasteiger partial charge in [0.15, 0.2) is 0 Å². The van der Waals surface area contributed by atoms with Crippen LogP contribution in [-0.2, 0) is 14.9 Å². The number of carbonyl (C=O) groups excluding carboxylic acids is 2. The van der Waals surface area contributed by atoms with Crippen LogP contribution in [0.2, 0.25) is 0 Å². The van der Waals surface area contributed by atoms with E-state index in [0.29, 0.717) is 30.9 Å². The Hall–Kier alpha value is -2.89. The minimum Gasteiger partial charge on any atom is -0.493 e. The molecule has 0 atom stereocenters. The van der Waals surface area contributed by atoms with Gasteiger partial charge in [0.05, 0.1) is 19.1 Å². The molecule has 6 heteroatoms. The van der Waals surface area contributed by atoms with Gasteiger partial charge in [-0.1, -0.05) is 44.7 Å². The van der Waals surface area contributed by atoms with E-state index in [1.165, 1.54) is 19.2 Å². The SMILES string of the molecule is CCCCOc1ccc(NC(=O)C2(c3ccc(F)cc3)CCCCC2)cc1C(=O)OC. The topological polar surface area (TPSA) is 64.6 Å². The van der Waals surface area contributed by atoms with Crippen LogP contribution in [0, 0.1) is 5.82 Å². The molecule has 2 aromatic rings. The van der Waals surface area contributed by atoms with E-state index < -0.39 is 11.4 Å². The minimum absolute atomic E-state index is 0.144. The normalized spacial score (nSPS) is 15.2. The van der Waals surface area contributed by atoms with Crippen molar-refractivity contribution in [3.8, 4) is 5.75 Å². The highest BCUT2D eigenvalue weighted by Crippen LogP contribution is 2.40. The average molecular weight is 428 g/mol. The van der Waals surface area contributed by atoms with Gasteiger partial charge < -0.3 is 14.8 Å². The van der Waals surface area contributed by atoms with Crippen molar-refractivity contribution in [2.45, 2.75) is 57.3 Å². The Balaban J connectivity index is 1.87. The number of nitrogens with one attached hydrogen (secondary N) is 1. The molecule has 1 aliphatic carbocycles. The molecule has 0 aliphatic heterocycles. The van der Waals surface area contributed by atoms with Crippen molar-refractivity contribution >= 4 is 17.6 Å². The fraction of sp³-hybridized carbons (Fsp3) is 0.440. The molecular formula is C25H30FNO4. The highest BCUT2D eigenvalue weighted by molar-refractivity contribution is 6.01. The lowest BCUT2D eigenvalue weighted by molar-refractivity contribution is -0.122. The molecule has 31 heavy (non-hydrogen) atoms. The Morgan fingerprint density at radius 1 is 1.06 bits per heavy atom. The zero-order chi connectivity index (χ0) is 22.3. The summed E-state index contributed by atoms with van der Waals surface area (Å²) in [7, 11) is 1.31. The maximum absolute atomic E-state index is 13.5. The third kappa shape index (κ3) is 5.24. The van der Waals surface area contributed by atoms with E-state index in [0.717, 1.165) is 37.7 Å². The molecule has 1 aliphatic rings. The molecule has 1 N–H and O–H groups in total. The monoisotopic (exact) mass is 427 g/mol. The van der Waals surface area contributed by atoms with E-state index >= 15 is 0 Å². The lowest BCUT2D eigenvalue weighted by Crippen LogP contribution is -2.42. The first-order valence-electron chi connectivity index (χ1n) is 10.9. The largest absolute Gasteiger partial charge is 0.493 e. The van der Waals surface area contributed by atoms with Crippen LogP contribution in [0.4, 0.5) is 10.1 Å². The molecular weight excluding hydrogens is 397 g/mol. The summed E-state index contributed by atoms with van der Waals surface area (Å²) >= 11 is 0. The van der Waals surface area contributed by atoms with E-state index in [4.69, 9.17) is 9.47 Å². The summed E-state index contributed by atoms with van der Waals surface area (Å²) in [5.41, 5.74) is 0.878. The molecule has 0 unspecified atom stereocenters. The average Bonchev–Trinajstić information content (AvgIpc) is 2.80. The summed E-state index contributed by atoms with van der Waals surface area (Å²) in [6.45, 7) is 2.56. The van der Waals surface area contributed by atoms with Crippen molar-refractivity contribution < 1.29 is 23.5 Å². The first-order valence-corrected chi connectivity index (χ1v) is 10.9. The highest BCUT2D eigenvalue weighted by Gasteiger charge is 2.41. The van der Waals surface area contributed by atoms with Crippen molar-refractivity contribution in [2.75, 3.05) is 19.0 Å². The molecule has 0 saturated heterocycles. The van der Waals surface area contributed by atoms with Crippen LogP contribution in [0.5, 0.6) is 5.75 Å². The van der Waals surface area contributed by atoms with Gasteiger partial charge in [0.1, 0.15) is 17.1 Å². The zero-order valence-electron chi connectivity index (χ0n) is 18.2. The summed E-state index contributed by atoms with van der Waals surface area (Å²) in [6.07, 6.45) is 6.20. The van der Waals surface area contributed by atoms with Crippen LogP contribution >= 0.6 is 0 Å². The number of ether oxygens (including phenoxy) is 2. The number of unbranched alkanes of at least 4 members (excludes halogenated alkanes) is 1. The lowest BCUT2D eigenvalue weighted by atomic mass is 9.68. The minimum atomic E-state index is -0.715. The Morgan fingerprint density at radius 3 is 2.42 bits per heavy atom. The predicted molar refractivity (Wildman–Crippen MR) is 118 cm³/mol. The van der Waals surface area contributed by atoms with Crippen LogP contribution in [0.15, 0.2) is 42.5 Å². The molecule has 2 aromatic carbocycles. The van der Waals surface area contributed by atoms with Crippen LogP contribution in [0.25, 0.3) is 0 Å². The predicted octanol–water partition coefficient (Wildman–Crippen LogP) is 5.63. The van der Waals surface area contributed by atoms with Crippen LogP contribution < -0.4 is 10.1 Å². The van der Waals surface area contributed by atoms with Gasteiger partial charge in [0, 0.05) is 5.69 Å². The second-order valence-corrected chi connectivity index (χ2v) is 8.01. The van der Waals surface area contributed by atoms with Crippen molar-refractivity contribution in [1.82, 2.24) is 0 Å². The Labute approximate surface area is 182 Å². The fourth-order valence-electron chi connectivity index (χ4n) is 4.15. The number of methoxy groups -OCH3 is 1.